The largest absolute Gasteiger partial charge is 0.325 e. The number of hydrogen-bond acceptors (Lipinski definition) is 3. The summed E-state index contributed by atoms with van der Waals surface area (Å²) >= 11 is 0. The van der Waals surface area contributed by atoms with Gasteiger partial charge in [0.25, 0.3) is 5.91 Å². The van der Waals surface area contributed by atoms with Crippen molar-refractivity contribution in [3.63, 3.8) is 0 Å². The third-order valence-electron chi connectivity index (χ3n) is 6.07. The van der Waals surface area contributed by atoms with Crippen LogP contribution in [0.4, 0.5) is 10.5 Å². The lowest BCUT2D eigenvalue weighted by molar-refractivity contribution is -0.136. The lowest BCUT2D eigenvalue weighted by Gasteiger charge is -2.36. The summed E-state index contributed by atoms with van der Waals surface area (Å²) in [5.41, 5.74) is 2.05. The molecule has 1 aromatic carbocycles. The molecule has 6 nitrogen and oxygen atoms in total. The number of amides is 4. The first-order valence-electron chi connectivity index (χ1n) is 9.82. The minimum atomic E-state index is -0.827. The number of aryl methyl sites for hydroxylation is 2. The van der Waals surface area contributed by atoms with Crippen LogP contribution < -0.4 is 10.2 Å². The van der Waals surface area contributed by atoms with Gasteiger partial charge in [0.15, 0.2) is 0 Å². The van der Waals surface area contributed by atoms with Crippen molar-refractivity contribution in [2.75, 3.05) is 18.0 Å². The first kappa shape index (κ1) is 19.4. The molecular formula is C21H29N3O3. The SMILES string of the molecule is CCN(C(=O)CN1C(=O)NC2(CCCCC2C)C1=O)c1cc(C)ccc1C. The minimum absolute atomic E-state index is 0.0871. The number of carbonyl (C=O) groups excluding carboxylic acids is 3. The number of anilines is 1. The fourth-order valence-electron chi connectivity index (χ4n) is 4.35. The second kappa shape index (κ2) is 7.33. The van der Waals surface area contributed by atoms with Crippen molar-refractivity contribution in [1.29, 1.82) is 0 Å². The van der Waals surface area contributed by atoms with Crippen LogP contribution in [0.3, 0.4) is 0 Å². The maximum Gasteiger partial charge on any atom is 0.325 e. The van der Waals surface area contributed by atoms with Crippen molar-refractivity contribution in [2.45, 2.75) is 58.9 Å². The van der Waals surface area contributed by atoms with E-state index >= 15 is 0 Å². The van der Waals surface area contributed by atoms with Crippen molar-refractivity contribution >= 4 is 23.5 Å². The Balaban J connectivity index is 1.81. The number of rotatable bonds is 4. The molecular weight excluding hydrogens is 342 g/mol. The molecule has 1 heterocycles. The van der Waals surface area contributed by atoms with Crippen LogP contribution in [-0.4, -0.2) is 41.4 Å². The Kier molecular flexibility index (Phi) is 5.27. The highest BCUT2D eigenvalue weighted by molar-refractivity contribution is 6.10. The maximum absolute atomic E-state index is 13.1. The first-order valence-corrected chi connectivity index (χ1v) is 9.82. The van der Waals surface area contributed by atoms with Crippen LogP contribution in [0.15, 0.2) is 18.2 Å². The molecule has 1 aliphatic carbocycles. The van der Waals surface area contributed by atoms with E-state index in [-0.39, 0.29) is 24.3 Å². The molecule has 146 valence electrons. The summed E-state index contributed by atoms with van der Waals surface area (Å²) in [6.07, 6.45) is 3.55. The van der Waals surface area contributed by atoms with Crippen molar-refractivity contribution in [3.05, 3.63) is 29.3 Å². The van der Waals surface area contributed by atoms with Gasteiger partial charge >= 0.3 is 6.03 Å². The highest BCUT2D eigenvalue weighted by atomic mass is 16.2. The quantitative estimate of drug-likeness (QED) is 0.827. The first-order chi connectivity index (χ1) is 12.8. The molecule has 1 N–H and O–H groups in total. The van der Waals surface area contributed by atoms with Crippen molar-refractivity contribution < 1.29 is 14.4 Å². The van der Waals surface area contributed by atoms with Crippen LogP contribution in [0, 0.1) is 19.8 Å². The van der Waals surface area contributed by atoms with E-state index in [1.807, 2.05) is 45.9 Å². The Morgan fingerprint density at radius 1 is 1.30 bits per heavy atom. The summed E-state index contributed by atoms with van der Waals surface area (Å²) in [5, 5.41) is 2.91. The van der Waals surface area contributed by atoms with Gasteiger partial charge in [-0.3, -0.25) is 14.5 Å². The van der Waals surface area contributed by atoms with Gasteiger partial charge < -0.3 is 10.2 Å². The average molecular weight is 371 g/mol. The number of carbonyl (C=O) groups is 3. The third kappa shape index (κ3) is 3.33. The average Bonchev–Trinajstić information content (AvgIpc) is 2.86. The topological polar surface area (TPSA) is 69.7 Å². The molecule has 1 aliphatic heterocycles. The van der Waals surface area contributed by atoms with E-state index in [0.717, 1.165) is 41.0 Å². The molecule has 2 unspecified atom stereocenters. The zero-order valence-electron chi connectivity index (χ0n) is 16.7. The molecule has 2 fully saturated rings. The molecule has 27 heavy (non-hydrogen) atoms. The summed E-state index contributed by atoms with van der Waals surface area (Å²) in [4.78, 5) is 41.4. The number of hydrogen-bond donors (Lipinski definition) is 1. The Hall–Kier alpha value is -2.37. The number of imide groups is 1. The molecule has 1 saturated carbocycles. The molecule has 6 heteroatoms. The van der Waals surface area contributed by atoms with E-state index in [2.05, 4.69) is 5.32 Å². The van der Waals surface area contributed by atoms with Gasteiger partial charge in [-0.15, -0.1) is 0 Å². The standard InChI is InChI=1S/C21H29N3O3/c1-5-23(17-12-14(2)9-10-15(17)3)18(25)13-24-19(26)21(22-20(24)27)11-7-6-8-16(21)4/h9-10,12,16H,5-8,11,13H2,1-4H3,(H,22,27). The fraction of sp³-hybridized carbons (Fsp3) is 0.571. The maximum atomic E-state index is 13.1. The van der Waals surface area contributed by atoms with Crippen molar-refractivity contribution in [1.82, 2.24) is 10.2 Å². The summed E-state index contributed by atoms with van der Waals surface area (Å²) < 4.78 is 0. The molecule has 1 spiro atoms. The molecule has 1 aromatic rings. The van der Waals surface area contributed by atoms with Gasteiger partial charge in [0.05, 0.1) is 0 Å². The number of benzene rings is 1. The van der Waals surface area contributed by atoms with Crippen molar-refractivity contribution in [3.8, 4) is 0 Å². The summed E-state index contributed by atoms with van der Waals surface area (Å²) in [5.74, 6) is -0.399. The van der Waals surface area contributed by atoms with E-state index in [1.54, 1.807) is 4.90 Å². The van der Waals surface area contributed by atoms with Gasteiger partial charge in [-0.25, -0.2) is 4.79 Å². The van der Waals surface area contributed by atoms with E-state index in [1.165, 1.54) is 0 Å². The van der Waals surface area contributed by atoms with Gasteiger partial charge in [0.1, 0.15) is 12.1 Å². The van der Waals surface area contributed by atoms with Crippen LogP contribution in [0.2, 0.25) is 0 Å². The van der Waals surface area contributed by atoms with Crippen LogP contribution >= 0.6 is 0 Å². The minimum Gasteiger partial charge on any atom is -0.323 e. The molecule has 3 rings (SSSR count). The Labute approximate surface area is 160 Å². The van der Waals surface area contributed by atoms with Crippen LogP contribution in [0.5, 0.6) is 0 Å². The van der Waals surface area contributed by atoms with E-state index < -0.39 is 11.6 Å². The normalized spacial score (nSPS) is 25.0. The van der Waals surface area contributed by atoms with Crippen LogP contribution in [-0.2, 0) is 9.59 Å². The van der Waals surface area contributed by atoms with Gasteiger partial charge in [0.2, 0.25) is 5.91 Å². The highest BCUT2D eigenvalue weighted by Gasteiger charge is 2.55. The Morgan fingerprint density at radius 3 is 2.70 bits per heavy atom. The number of urea groups is 1. The van der Waals surface area contributed by atoms with E-state index in [9.17, 15) is 14.4 Å². The monoisotopic (exact) mass is 371 g/mol. The van der Waals surface area contributed by atoms with Gasteiger partial charge in [-0.05, 0) is 56.7 Å². The molecule has 0 bridgehead atoms. The Bertz CT molecular complexity index is 776. The number of nitrogens with one attached hydrogen (secondary N) is 1. The van der Waals surface area contributed by atoms with Crippen LogP contribution in [0.25, 0.3) is 0 Å². The zero-order chi connectivity index (χ0) is 19.8. The summed E-state index contributed by atoms with van der Waals surface area (Å²) in [6.45, 7) is 8.10. The molecule has 1 saturated heterocycles. The molecule has 2 aliphatic rings. The molecule has 0 radical (unpaired) electrons. The summed E-state index contributed by atoms with van der Waals surface area (Å²) in [6, 6.07) is 5.50. The smallest absolute Gasteiger partial charge is 0.323 e. The van der Waals surface area contributed by atoms with E-state index in [4.69, 9.17) is 0 Å². The van der Waals surface area contributed by atoms with Crippen molar-refractivity contribution in [2.24, 2.45) is 5.92 Å². The Morgan fingerprint density at radius 2 is 2.04 bits per heavy atom. The zero-order valence-corrected chi connectivity index (χ0v) is 16.7. The predicted octanol–water partition coefficient (Wildman–Crippen LogP) is 3.16. The molecule has 0 aromatic heterocycles. The summed E-state index contributed by atoms with van der Waals surface area (Å²) in [7, 11) is 0. The number of likely N-dealkylation sites (N-methyl/N-ethyl adjacent to an activating group) is 1. The third-order valence-corrected chi connectivity index (χ3v) is 6.07. The van der Waals surface area contributed by atoms with Gasteiger partial charge in [-0.2, -0.15) is 0 Å². The number of nitrogens with zero attached hydrogens (tertiary/aromatic N) is 2. The van der Waals surface area contributed by atoms with E-state index in [0.29, 0.717) is 13.0 Å². The van der Waals surface area contributed by atoms with Crippen LogP contribution in [0.1, 0.15) is 50.7 Å². The predicted molar refractivity (Wildman–Crippen MR) is 105 cm³/mol. The lowest BCUT2D eigenvalue weighted by atomic mass is 9.73. The fourth-order valence-corrected chi connectivity index (χ4v) is 4.35. The molecule has 2 atom stereocenters. The van der Waals surface area contributed by atoms with Gasteiger partial charge in [-0.1, -0.05) is 31.9 Å². The van der Waals surface area contributed by atoms with Gasteiger partial charge in [0, 0.05) is 12.2 Å². The highest BCUT2D eigenvalue weighted by Crippen LogP contribution is 2.38. The molecule has 4 amide bonds. The second-order valence-electron chi connectivity index (χ2n) is 7.87. The second-order valence-corrected chi connectivity index (χ2v) is 7.87. The lowest BCUT2D eigenvalue weighted by Crippen LogP contribution is -2.54.